The maximum absolute atomic E-state index is 12.3. The summed E-state index contributed by atoms with van der Waals surface area (Å²) in [6, 6.07) is 4.85. The minimum atomic E-state index is 0.0783. The largest absolute Gasteiger partial charge is 0.472 e. The Hall–Kier alpha value is -1.59. The van der Waals surface area contributed by atoms with Gasteiger partial charge in [0.15, 0.2) is 0 Å². The Bertz CT molecular complexity index is 655. The number of hydrogen-bond acceptors (Lipinski definition) is 4. The van der Waals surface area contributed by atoms with Gasteiger partial charge in [0.2, 0.25) is 0 Å². The van der Waals surface area contributed by atoms with E-state index in [9.17, 15) is 4.79 Å². The normalized spacial score (nSPS) is 17.4. The molecular weight excluding hydrogens is 308 g/mol. The maximum Gasteiger partial charge on any atom is 0.257 e. The first-order valence-corrected chi connectivity index (χ1v) is 9.00. The van der Waals surface area contributed by atoms with E-state index in [1.165, 1.54) is 21.6 Å². The number of thiophene rings is 1. The number of nitrogens with one attached hydrogen (secondary N) is 1. The Balaban J connectivity index is 1.53. The molecule has 1 aliphatic rings. The van der Waals surface area contributed by atoms with Crippen LogP contribution in [0.3, 0.4) is 0 Å². The van der Waals surface area contributed by atoms with Gasteiger partial charge in [0.05, 0.1) is 11.8 Å². The van der Waals surface area contributed by atoms with Crippen LogP contribution < -0.4 is 5.32 Å². The van der Waals surface area contributed by atoms with Crippen molar-refractivity contribution < 1.29 is 9.21 Å². The van der Waals surface area contributed by atoms with Crippen LogP contribution in [0.15, 0.2) is 29.1 Å². The van der Waals surface area contributed by atoms with Gasteiger partial charge in [-0.3, -0.25) is 4.79 Å². The van der Waals surface area contributed by atoms with Crippen LogP contribution in [-0.2, 0) is 0 Å². The maximum atomic E-state index is 12.3. The third-order valence-corrected chi connectivity index (χ3v) is 5.56. The number of likely N-dealkylation sites (tertiary alicyclic amines) is 1. The Morgan fingerprint density at radius 2 is 2.13 bits per heavy atom. The average Bonchev–Trinajstić information content (AvgIpc) is 3.17. The van der Waals surface area contributed by atoms with Crippen LogP contribution in [0.1, 0.15) is 51.5 Å². The fourth-order valence-electron chi connectivity index (χ4n) is 3.34. The summed E-state index contributed by atoms with van der Waals surface area (Å²) in [6.07, 6.45) is 5.07. The van der Waals surface area contributed by atoms with Gasteiger partial charge in [0.25, 0.3) is 5.91 Å². The summed E-state index contributed by atoms with van der Waals surface area (Å²) in [7, 11) is 0. The van der Waals surface area contributed by atoms with E-state index in [4.69, 9.17) is 4.42 Å². The van der Waals surface area contributed by atoms with Crippen LogP contribution in [0.5, 0.6) is 0 Å². The van der Waals surface area contributed by atoms with Crippen molar-refractivity contribution in [1.82, 2.24) is 10.2 Å². The zero-order valence-electron chi connectivity index (χ0n) is 14.0. The molecule has 1 N–H and O–H groups in total. The average molecular weight is 332 g/mol. The van der Waals surface area contributed by atoms with E-state index in [1.54, 1.807) is 12.3 Å². The molecule has 124 valence electrons. The number of piperidine rings is 1. The molecule has 23 heavy (non-hydrogen) atoms. The molecule has 0 aromatic carbocycles. The van der Waals surface area contributed by atoms with Crippen LogP contribution in [-0.4, -0.2) is 29.9 Å². The molecule has 5 heteroatoms. The lowest BCUT2D eigenvalue weighted by Crippen LogP contribution is -2.45. The number of carbonyl (C=O) groups is 1. The van der Waals surface area contributed by atoms with Crippen molar-refractivity contribution >= 4 is 17.2 Å². The molecule has 2 aromatic rings. The predicted octanol–water partition coefficient (Wildman–Crippen LogP) is 3.91. The van der Waals surface area contributed by atoms with Crippen molar-refractivity contribution in [2.75, 3.05) is 13.1 Å². The highest BCUT2D eigenvalue weighted by molar-refractivity contribution is 7.12. The molecule has 2 aromatic heterocycles. The number of amides is 1. The minimum absolute atomic E-state index is 0.0783. The number of aryl methyl sites for hydroxylation is 2. The van der Waals surface area contributed by atoms with Crippen molar-refractivity contribution in [2.45, 2.75) is 45.7 Å². The lowest BCUT2D eigenvalue weighted by atomic mass is 10.0. The molecular formula is C18H24N2O2S. The van der Waals surface area contributed by atoms with Gasteiger partial charge in [-0.15, -0.1) is 11.3 Å². The van der Waals surface area contributed by atoms with Crippen LogP contribution in [0.4, 0.5) is 0 Å². The predicted molar refractivity (Wildman–Crippen MR) is 93.0 cm³/mol. The monoisotopic (exact) mass is 332 g/mol. The number of carbonyl (C=O) groups excluding carboxylic acids is 1. The van der Waals surface area contributed by atoms with Crippen molar-refractivity contribution in [2.24, 2.45) is 0 Å². The van der Waals surface area contributed by atoms with Gasteiger partial charge in [0, 0.05) is 34.9 Å². The van der Waals surface area contributed by atoms with Gasteiger partial charge >= 0.3 is 0 Å². The summed E-state index contributed by atoms with van der Waals surface area (Å²) in [4.78, 5) is 17.0. The smallest absolute Gasteiger partial charge is 0.257 e. The van der Waals surface area contributed by atoms with E-state index in [0.717, 1.165) is 25.9 Å². The zero-order valence-corrected chi connectivity index (χ0v) is 14.8. The molecule has 1 saturated heterocycles. The summed E-state index contributed by atoms with van der Waals surface area (Å²) in [6.45, 7) is 8.19. The van der Waals surface area contributed by atoms with Gasteiger partial charge in [-0.05, 0) is 51.3 Å². The molecule has 1 aliphatic heterocycles. The summed E-state index contributed by atoms with van der Waals surface area (Å²) in [5.41, 5.74) is 2.05. The van der Waals surface area contributed by atoms with Gasteiger partial charge in [-0.1, -0.05) is 0 Å². The first-order chi connectivity index (χ1) is 11.0. The molecule has 0 radical (unpaired) electrons. The molecule has 0 unspecified atom stereocenters. The second kappa shape index (κ2) is 6.89. The summed E-state index contributed by atoms with van der Waals surface area (Å²) in [5, 5.41) is 3.73. The molecule has 1 fully saturated rings. The number of furan rings is 1. The molecule has 1 atom stereocenters. The molecule has 3 rings (SSSR count). The van der Waals surface area contributed by atoms with Gasteiger partial charge in [-0.25, -0.2) is 0 Å². The van der Waals surface area contributed by atoms with Crippen molar-refractivity contribution in [1.29, 1.82) is 0 Å². The third-order valence-electron chi connectivity index (χ3n) is 4.58. The lowest BCUT2D eigenvalue weighted by Gasteiger charge is -2.34. The van der Waals surface area contributed by atoms with Crippen LogP contribution in [0.25, 0.3) is 0 Å². The second-order valence-electron chi connectivity index (χ2n) is 6.34. The van der Waals surface area contributed by atoms with Gasteiger partial charge in [0.1, 0.15) is 6.26 Å². The van der Waals surface area contributed by atoms with Crippen LogP contribution in [0.2, 0.25) is 0 Å². The molecule has 0 spiro atoms. The lowest BCUT2D eigenvalue weighted by molar-refractivity contribution is 0.0701. The Labute approximate surface area is 141 Å². The summed E-state index contributed by atoms with van der Waals surface area (Å²) < 4.78 is 5.00. The topological polar surface area (TPSA) is 45.5 Å². The highest BCUT2D eigenvalue weighted by atomic mass is 32.1. The molecule has 0 aliphatic carbocycles. The second-order valence-corrected chi connectivity index (χ2v) is 7.80. The Kier molecular flexibility index (Phi) is 4.87. The first-order valence-electron chi connectivity index (χ1n) is 8.19. The fraction of sp³-hybridized carbons (Fsp3) is 0.500. The van der Waals surface area contributed by atoms with Crippen molar-refractivity contribution in [3.05, 3.63) is 45.5 Å². The molecule has 1 amide bonds. The number of rotatable bonds is 4. The standard InChI is InChI=1S/C18H24N2O2S/c1-12-10-17(14(3)23-12)13(2)19-16-4-7-20(8-5-16)18(21)15-6-9-22-11-15/h6,9-11,13,16,19H,4-5,7-8H2,1-3H3/t13-/m0/s1. The first kappa shape index (κ1) is 16.3. The van der Waals surface area contributed by atoms with Crippen molar-refractivity contribution in [3.63, 3.8) is 0 Å². The fourth-order valence-corrected chi connectivity index (χ4v) is 4.36. The number of hydrogen-bond donors (Lipinski definition) is 1. The van der Waals surface area contributed by atoms with Crippen LogP contribution in [0, 0.1) is 13.8 Å². The van der Waals surface area contributed by atoms with Gasteiger partial charge < -0.3 is 14.6 Å². The van der Waals surface area contributed by atoms with E-state index < -0.39 is 0 Å². The number of nitrogens with zero attached hydrogens (tertiary/aromatic N) is 1. The van der Waals surface area contributed by atoms with Gasteiger partial charge in [-0.2, -0.15) is 0 Å². The van der Waals surface area contributed by atoms with Crippen LogP contribution >= 0.6 is 11.3 Å². The molecule has 4 nitrogen and oxygen atoms in total. The molecule has 0 saturated carbocycles. The zero-order chi connectivity index (χ0) is 16.4. The van der Waals surface area contributed by atoms with E-state index in [0.29, 0.717) is 17.6 Å². The SMILES string of the molecule is Cc1cc([C@H](C)NC2CCN(C(=O)c3ccoc3)CC2)c(C)s1. The third kappa shape index (κ3) is 3.67. The quantitative estimate of drug-likeness (QED) is 0.923. The van der Waals surface area contributed by atoms with E-state index >= 15 is 0 Å². The van der Waals surface area contributed by atoms with Crippen molar-refractivity contribution in [3.8, 4) is 0 Å². The summed E-state index contributed by atoms with van der Waals surface area (Å²) in [5.74, 6) is 0.0783. The summed E-state index contributed by atoms with van der Waals surface area (Å²) >= 11 is 1.86. The molecule has 3 heterocycles. The highest BCUT2D eigenvalue weighted by Gasteiger charge is 2.25. The highest BCUT2D eigenvalue weighted by Crippen LogP contribution is 2.27. The molecule has 0 bridgehead atoms. The van der Waals surface area contributed by atoms with E-state index in [-0.39, 0.29) is 5.91 Å². The van der Waals surface area contributed by atoms with E-state index in [2.05, 4.69) is 32.2 Å². The minimum Gasteiger partial charge on any atom is -0.472 e. The Morgan fingerprint density at radius 3 is 2.70 bits per heavy atom. The Morgan fingerprint density at radius 1 is 1.39 bits per heavy atom. The van der Waals surface area contributed by atoms with E-state index in [1.807, 2.05) is 16.2 Å².